The summed E-state index contributed by atoms with van der Waals surface area (Å²) in [5.41, 5.74) is 0.864. The van der Waals surface area contributed by atoms with E-state index in [2.05, 4.69) is 10.3 Å². The Bertz CT molecular complexity index is 533. The maximum absolute atomic E-state index is 5.89. The van der Waals surface area contributed by atoms with E-state index in [0.29, 0.717) is 26.0 Å². The minimum atomic E-state index is -0.276. The SMILES string of the molecule is [B][C@H]1C[C@@H](Cn2cc(C[C@H]3O[C@@H]([B])C[C@H]3OC)nn2)[C@@H](COC)O1. The Balaban J connectivity index is 1.57. The smallest absolute Gasteiger partial charge is 0.109 e. The van der Waals surface area contributed by atoms with Gasteiger partial charge < -0.3 is 18.9 Å². The van der Waals surface area contributed by atoms with Crippen molar-refractivity contribution >= 4 is 15.7 Å². The lowest BCUT2D eigenvalue weighted by molar-refractivity contribution is 0.00645. The Morgan fingerprint density at radius 2 is 1.96 bits per heavy atom. The molecule has 6 atom stereocenters. The van der Waals surface area contributed by atoms with Crippen molar-refractivity contribution in [3.8, 4) is 0 Å². The van der Waals surface area contributed by atoms with Crippen molar-refractivity contribution in [1.29, 1.82) is 0 Å². The van der Waals surface area contributed by atoms with E-state index in [1.54, 1.807) is 14.2 Å². The molecule has 3 rings (SSSR count). The molecule has 1 aromatic heterocycles. The van der Waals surface area contributed by atoms with E-state index >= 15 is 0 Å². The van der Waals surface area contributed by atoms with E-state index in [4.69, 9.17) is 34.6 Å². The molecule has 0 unspecified atom stereocenters. The Morgan fingerprint density at radius 1 is 1.21 bits per heavy atom. The van der Waals surface area contributed by atoms with E-state index in [9.17, 15) is 0 Å². The lowest BCUT2D eigenvalue weighted by Gasteiger charge is -2.17. The summed E-state index contributed by atoms with van der Waals surface area (Å²) in [5.74, 6) is 0.261. The minimum absolute atomic E-state index is 0.00235. The van der Waals surface area contributed by atoms with Gasteiger partial charge in [0.1, 0.15) is 15.7 Å². The molecule has 0 aromatic carbocycles. The van der Waals surface area contributed by atoms with Gasteiger partial charge in [-0.15, -0.1) is 5.10 Å². The fraction of sp³-hybridized carbons (Fsp3) is 0.867. The van der Waals surface area contributed by atoms with Crippen molar-refractivity contribution in [3.05, 3.63) is 11.9 Å². The fourth-order valence-electron chi connectivity index (χ4n) is 3.52. The zero-order chi connectivity index (χ0) is 17.1. The van der Waals surface area contributed by atoms with Crippen LogP contribution in [0.1, 0.15) is 18.5 Å². The van der Waals surface area contributed by atoms with E-state index < -0.39 is 0 Å². The average Bonchev–Trinajstić information content (AvgIpc) is 3.21. The molecule has 2 saturated heterocycles. The summed E-state index contributed by atoms with van der Waals surface area (Å²) in [6.45, 7) is 1.23. The molecule has 0 spiro atoms. The highest BCUT2D eigenvalue weighted by Crippen LogP contribution is 2.27. The summed E-state index contributed by atoms with van der Waals surface area (Å²) in [6.07, 6.45) is 3.96. The number of aromatic nitrogens is 3. The molecule has 0 aliphatic carbocycles. The van der Waals surface area contributed by atoms with Crippen LogP contribution in [0.25, 0.3) is 0 Å². The van der Waals surface area contributed by atoms with Crippen LogP contribution in [0.15, 0.2) is 6.20 Å². The molecule has 0 bridgehead atoms. The van der Waals surface area contributed by atoms with Crippen LogP contribution in [0.5, 0.6) is 0 Å². The van der Waals surface area contributed by atoms with Crippen molar-refractivity contribution in [2.24, 2.45) is 5.92 Å². The molecule has 2 fully saturated rings. The molecule has 0 amide bonds. The highest BCUT2D eigenvalue weighted by Gasteiger charge is 2.34. The topological polar surface area (TPSA) is 67.6 Å². The van der Waals surface area contributed by atoms with Crippen LogP contribution in [-0.2, 0) is 31.9 Å². The van der Waals surface area contributed by atoms with Gasteiger partial charge in [-0.1, -0.05) is 5.21 Å². The minimum Gasteiger partial charge on any atom is -0.382 e. The lowest BCUT2D eigenvalue weighted by Crippen LogP contribution is -2.26. The van der Waals surface area contributed by atoms with E-state index in [-0.39, 0.29) is 36.2 Å². The molecule has 2 aliphatic rings. The second-order valence-electron chi connectivity index (χ2n) is 6.52. The standard InChI is InChI=1S/C15H23B2N3O4/c1-21-8-13-9(3-14(16)24-13)6-20-7-10(18-19-20)4-12-11(22-2)5-15(17)23-12/h7,9,11-15H,3-6,8H2,1-2H3/t9-,11+,12+,13+,14+,15+/m0/s1. The summed E-state index contributed by atoms with van der Waals surface area (Å²) in [6, 6.07) is -0.518. The first-order valence-corrected chi connectivity index (χ1v) is 8.32. The molecular formula is C15H23B2N3O4. The molecule has 3 heterocycles. The van der Waals surface area contributed by atoms with Crippen LogP contribution in [0, 0.1) is 5.92 Å². The third-order valence-corrected chi connectivity index (χ3v) is 4.69. The van der Waals surface area contributed by atoms with Crippen molar-refractivity contribution in [2.75, 3.05) is 20.8 Å². The Morgan fingerprint density at radius 3 is 2.71 bits per heavy atom. The molecule has 24 heavy (non-hydrogen) atoms. The zero-order valence-corrected chi connectivity index (χ0v) is 14.2. The largest absolute Gasteiger partial charge is 0.382 e. The molecular weight excluding hydrogens is 308 g/mol. The van der Waals surface area contributed by atoms with E-state index in [1.165, 1.54) is 0 Å². The summed E-state index contributed by atoms with van der Waals surface area (Å²) in [7, 11) is 15.1. The van der Waals surface area contributed by atoms with Crippen LogP contribution in [-0.4, -0.2) is 81.8 Å². The number of ether oxygens (including phenoxy) is 4. The van der Waals surface area contributed by atoms with Gasteiger partial charge in [0, 0.05) is 51.3 Å². The molecule has 2 aliphatic heterocycles. The lowest BCUT2D eigenvalue weighted by atomic mass is 9.91. The first-order valence-electron chi connectivity index (χ1n) is 8.32. The number of methoxy groups -OCH3 is 2. The number of hydrogen-bond donors (Lipinski definition) is 0. The van der Waals surface area contributed by atoms with Gasteiger partial charge in [-0.3, -0.25) is 4.68 Å². The van der Waals surface area contributed by atoms with Gasteiger partial charge in [0.2, 0.25) is 0 Å². The van der Waals surface area contributed by atoms with Crippen LogP contribution in [0.2, 0.25) is 0 Å². The van der Waals surface area contributed by atoms with Gasteiger partial charge in [-0.25, -0.2) is 0 Å². The molecule has 4 radical (unpaired) electrons. The van der Waals surface area contributed by atoms with Crippen LogP contribution < -0.4 is 0 Å². The Labute approximate surface area is 145 Å². The van der Waals surface area contributed by atoms with Crippen LogP contribution >= 0.6 is 0 Å². The molecule has 7 nitrogen and oxygen atoms in total. The van der Waals surface area contributed by atoms with Gasteiger partial charge in [0.25, 0.3) is 0 Å². The monoisotopic (exact) mass is 331 g/mol. The highest BCUT2D eigenvalue weighted by molar-refractivity contribution is 6.11. The average molecular weight is 331 g/mol. The van der Waals surface area contributed by atoms with Crippen molar-refractivity contribution in [2.45, 2.75) is 56.1 Å². The van der Waals surface area contributed by atoms with Crippen molar-refractivity contribution in [3.63, 3.8) is 0 Å². The van der Waals surface area contributed by atoms with Crippen LogP contribution in [0.4, 0.5) is 0 Å². The van der Waals surface area contributed by atoms with E-state index in [0.717, 1.165) is 12.1 Å². The molecule has 0 N–H and O–H groups in total. The number of rotatable bonds is 7. The van der Waals surface area contributed by atoms with Crippen molar-refractivity contribution in [1.82, 2.24) is 15.0 Å². The predicted molar refractivity (Wildman–Crippen MR) is 88.0 cm³/mol. The Kier molecular flexibility index (Phi) is 5.97. The number of hydrogen-bond acceptors (Lipinski definition) is 6. The fourth-order valence-corrected chi connectivity index (χ4v) is 3.52. The van der Waals surface area contributed by atoms with Gasteiger partial charge in [0.05, 0.1) is 30.6 Å². The molecule has 0 saturated carbocycles. The number of nitrogens with zero attached hydrogens (tertiary/aromatic N) is 3. The van der Waals surface area contributed by atoms with Gasteiger partial charge in [-0.05, 0) is 12.8 Å². The van der Waals surface area contributed by atoms with E-state index in [1.807, 2.05) is 10.9 Å². The maximum Gasteiger partial charge on any atom is 0.109 e. The van der Waals surface area contributed by atoms with Gasteiger partial charge in [0.15, 0.2) is 0 Å². The normalized spacial score (nSPS) is 36.4. The van der Waals surface area contributed by atoms with Crippen molar-refractivity contribution < 1.29 is 18.9 Å². The summed E-state index contributed by atoms with van der Waals surface area (Å²) < 4.78 is 23.8. The summed E-state index contributed by atoms with van der Waals surface area (Å²) in [4.78, 5) is 0. The first kappa shape index (κ1) is 17.9. The quantitative estimate of drug-likeness (QED) is 0.637. The Hall–Kier alpha value is -0.890. The third-order valence-electron chi connectivity index (χ3n) is 4.69. The third kappa shape index (κ3) is 4.20. The first-order chi connectivity index (χ1) is 11.6. The second kappa shape index (κ2) is 7.99. The highest BCUT2D eigenvalue weighted by atomic mass is 16.6. The summed E-state index contributed by atoms with van der Waals surface area (Å²) >= 11 is 0. The van der Waals surface area contributed by atoms with Crippen LogP contribution in [0.3, 0.4) is 0 Å². The van der Waals surface area contributed by atoms with Gasteiger partial charge >= 0.3 is 0 Å². The molecule has 128 valence electrons. The summed E-state index contributed by atoms with van der Waals surface area (Å²) in [5, 5.41) is 8.45. The maximum atomic E-state index is 5.89. The van der Waals surface area contributed by atoms with Gasteiger partial charge in [-0.2, -0.15) is 0 Å². The zero-order valence-electron chi connectivity index (χ0n) is 14.2. The predicted octanol–water partition coefficient (Wildman–Crippen LogP) is -0.335. The molecule has 1 aromatic rings. The molecule has 9 heteroatoms. The second-order valence-corrected chi connectivity index (χ2v) is 6.52.